The molecule has 0 saturated carbocycles. The predicted molar refractivity (Wildman–Crippen MR) is 99.2 cm³/mol. The molecule has 1 aromatic carbocycles. The van der Waals surface area contributed by atoms with Gasteiger partial charge in [0, 0.05) is 25.4 Å². The number of alkyl halides is 3. The lowest BCUT2D eigenvalue weighted by Crippen LogP contribution is -2.40. The van der Waals surface area contributed by atoms with Gasteiger partial charge >= 0.3 is 6.18 Å². The smallest absolute Gasteiger partial charge is 0.332 e. The number of rotatable bonds is 4. The Morgan fingerprint density at radius 2 is 1.93 bits per heavy atom. The molecule has 3 heterocycles. The van der Waals surface area contributed by atoms with Gasteiger partial charge < -0.3 is 10.3 Å². The SMILES string of the molecule is N=C(CN1CCc2nn(-c3cccnc3)cc2C1=O)c1ccc(C(F)(F)F)cc1. The van der Waals surface area contributed by atoms with Crippen molar-refractivity contribution in [2.75, 3.05) is 13.1 Å². The van der Waals surface area contributed by atoms with Gasteiger partial charge in [-0.15, -0.1) is 0 Å². The zero-order valence-corrected chi connectivity index (χ0v) is 15.1. The summed E-state index contributed by atoms with van der Waals surface area (Å²) in [6.45, 7) is 0.403. The molecule has 6 nitrogen and oxygen atoms in total. The second-order valence-electron chi connectivity index (χ2n) is 6.68. The normalized spacial score (nSPS) is 14.0. The summed E-state index contributed by atoms with van der Waals surface area (Å²) in [6.07, 6.45) is 1.04. The maximum Gasteiger partial charge on any atom is 0.416 e. The van der Waals surface area contributed by atoms with Crippen LogP contribution in [0, 0.1) is 5.41 Å². The molecule has 0 fully saturated rings. The molecule has 0 radical (unpaired) electrons. The van der Waals surface area contributed by atoms with Crippen LogP contribution in [-0.2, 0) is 12.6 Å². The molecule has 1 amide bonds. The highest BCUT2D eigenvalue weighted by atomic mass is 19.4. The van der Waals surface area contributed by atoms with Crippen LogP contribution in [0.5, 0.6) is 0 Å². The molecule has 148 valence electrons. The lowest BCUT2D eigenvalue weighted by molar-refractivity contribution is -0.137. The summed E-state index contributed by atoms with van der Waals surface area (Å²) in [5, 5.41) is 12.6. The highest BCUT2D eigenvalue weighted by molar-refractivity contribution is 6.04. The second-order valence-corrected chi connectivity index (χ2v) is 6.68. The van der Waals surface area contributed by atoms with E-state index >= 15 is 0 Å². The van der Waals surface area contributed by atoms with Crippen molar-refractivity contribution in [1.29, 1.82) is 5.41 Å². The van der Waals surface area contributed by atoms with Crippen LogP contribution < -0.4 is 0 Å². The molecule has 0 aliphatic carbocycles. The third-order valence-electron chi connectivity index (χ3n) is 4.75. The van der Waals surface area contributed by atoms with Crippen molar-refractivity contribution < 1.29 is 18.0 Å². The van der Waals surface area contributed by atoms with Crippen molar-refractivity contribution in [2.24, 2.45) is 0 Å². The summed E-state index contributed by atoms with van der Waals surface area (Å²) in [5.41, 5.74) is 1.53. The first-order chi connectivity index (χ1) is 13.8. The summed E-state index contributed by atoms with van der Waals surface area (Å²) in [5.74, 6) is -0.252. The third kappa shape index (κ3) is 3.75. The summed E-state index contributed by atoms with van der Waals surface area (Å²) < 4.78 is 39.7. The van der Waals surface area contributed by atoms with E-state index in [9.17, 15) is 18.0 Å². The molecular formula is C20H16F3N5O. The molecule has 0 spiro atoms. The third-order valence-corrected chi connectivity index (χ3v) is 4.75. The van der Waals surface area contributed by atoms with Gasteiger partial charge in [-0.05, 0) is 29.8 Å². The van der Waals surface area contributed by atoms with Gasteiger partial charge in [0.2, 0.25) is 0 Å². The molecule has 1 aliphatic rings. The fourth-order valence-electron chi connectivity index (χ4n) is 3.20. The zero-order chi connectivity index (χ0) is 20.6. The Morgan fingerprint density at radius 1 is 1.17 bits per heavy atom. The van der Waals surface area contributed by atoms with Gasteiger partial charge in [0.05, 0.1) is 41.0 Å². The highest BCUT2D eigenvalue weighted by Gasteiger charge is 2.31. The van der Waals surface area contributed by atoms with E-state index in [2.05, 4.69) is 10.1 Å². The van der Waals surface area contributed by atoms with Gasteiger partial charge in [-0.25, -0.2) is 4.68 Å². The number of carbonyl (C=O) groups excluding carboxylic acids is 1. The van der Waals surface area contributed by atoms with Crippen LogP contribution in [0.2, 0.25) is 0 Å². The van der Waals surface area contributed by atoms with Gasteiger partial charge in [-0.2, -0.15) is 18.3 Å². The molecule has 1 aliphatic heterocycles. The van der Waals surface area contributed by atoms with Crippen LogP contribution in [0.25, 0.3) is 5.69 Å². The van der Waals surface area contributed by atoms with Crippen molar-refractivity contribution in [2.45, 2.75) is 12.6 Å². The zero-order valence-electron chi connectivity index (χ0n) is 15.1. The van der Waals surface area contributed by atoms with Crippen LogP contribution in [0.4, 0.5) is 13.2 Å². The molecule has 9 heteroatoms. The Morgan fingerprint density at radius 3 is 2.59 bits per heavy atom. The predicted octanol–water partition coefficient (Wildman–Crippen LogP) is 3.35. The summed E-state index contributed by atoms with van der Waals surface area (Å²) in [6, 6.07) is 8.00. The van der Waals surface area contributed by atoms with E-state index in [4.69, 9.17) is 5.41 Å². The second kappa shape index (κ2) is 7.16. The van der Waals surface area contributed by atoms with E-state index in [1.165, 1.54) is 17.0 Å². The Hall–Kier alpha value is -3.49. The molecule has 0 atom stereocenters. The largest absolute Gasteiger partial charge is 0.416 e. The molecule has 0 bridgehead atoms. The monoisotopic (exact) mass is 399 g/mol. The quantitative estimate of drug-likeness (QED) is 0.684. The minimum atomic E-state index is -4.42. The van der Waals surface area contributed by atoms with Crippen LogP contribution >= 0.6 is 0 Å². The van der Waals surface area contributed by atoms with E-state index < -0.39 is 11.7 Å². The average Bonchev–Trinajstić information content (AvgIpc) is 3.15. The van der Waals surface area contributed by atoms with Crippen LogP contribution in [0.15, 0.2) is 55.0 Å². The van der Waals surface area contributed by atoms with Crippen LogP contribution in [-0.4, -0.2) is 44.4 Å². The molecule has 2 aromatic heterocycles. The Labute approximate surface area is 164 Å². The topological polar surface area (TPSA) is 74.9 Å². The number of aromatic nitrogens is 3. The molecule has 1 N–H and O–H groups in total. The maximum atomic E-state index is 12.8. The number of amides is 1. The maximum absolute atomic E-state index is 12.8. The molecule has 29 heavy (non-hydrogen) atoms. The van der Waals surface area contributed by atoms with Gasteiger partial charge in [0.15, 0.2) is 0 Å². The number of benzene rings is 1. The van der Waals surface area contributed by atoms with Gasteiger partial charge in [-0.3, -0.25) is 9.78 Å². The van der Waals surface area contributed by atoms with Crippen molar-refractivity contribution in [3.63, 3.8) is 0 Å². The Bertz CT molecular complexity index is 1060. The fraction of sp³-hybridized carbons (Fsp3) is 0.200. The van der Waals surface area contributed by atoms with Crippen molar-refractivity contribution in [1.82, 2.24) is 19.7 Å². The van der Waals surface area contributed by atoms with Crippen LogP contribution in [0.3, 0.4) is 0 Å². The summed E-state index contributed by atoms with van der Waals surface area (Å²) >= 11 is 0. The molecule has 3 aromatic rings. The van der Waals surface area contributed by atoms with Gasteiger partial charge in [0.1, 0.15) is 0 Å². The molecular weight excluding hydrogens is 383 g/mol. The van der Waals surface area contributed by atoms with E-state index in [-0.39, 0.29) is 18.2 Å². The number of hydrogen-bond acceptors (Lipinski definition) is 4. The number of nitrogens with zero attached hydrogens (tertiary/aromatic N) is 4. The van der Waals surface area contributed by atoms with E-state index in [0.29, 0.717) is 29.8 Å². The minimum Gasteiger partial charge on any atom is -0.332 e. The van der Waals surface area contributed by atoms with Gasteiger partial charge in [0.25, 0.3) is 5.91 Å². The lowest BCUT2D eigenvalue weighted by Gasteiger charge is -2.26. The highest BCUT2D eigenvalue weighted by Crippen LogP contribution is 2.29. The Balaban J connectivity index is 1.49. The number of nitrogens with one attached hydrogen (secondary N) is 1. The molecule has 0 saturated heterocycles. The first-order valence-electron chi connectivity index (χ1n) is 8.86. The Kier molecular flexibility index (Phi) is 4.65. The minimum absolute atomic E-state index is 0.0156. The van der Waals surface area contributed by atoms with E-state index in [1.807, 2.05) is 6.07 Å². The van der Waals surface area contributed by atoms with Gasteiger partial charge in [-0.1, -0.05) is 12.1 Å². The van der Waals surface area contributed by atoms with Crippen molar-refractivity contribution in [3.8, 4) is 5.69 Å². The van der Waals surface area contributed by atoms with Crippen LogP contribution in [0.1, 0.15) is 27.2 Å². The van der Waals surface area contributed by atoms with Crippen molar-refractivity contribution in [3.05, 3.63) is 77.4 Å². The lowest BCUT2D eigenvalue weighted by atomic mass is 10.0. The molecule has 4 rings (SSSR count). The number of hydrogen-bond donors (Lipinski definition) is 1. The summed E-state index contributed by atoms with van der Waals surface area (Å²) in [4.78, 5) is 18.4. The molecule has 0 unspecified atom stereocenters. The average molecular weight is 399 g/mol. The van der Waals surface area contributed by atoms with E-state index in [1.54, 1.807) is 29.3 Å². The van der Waals surface area contributed by atoms with E-state index in [0.717, 1.165) is 17.8 Å². The number of pyridine rings is 1. The number of carbonyl (C=O) groups is 1. The number of halogens is 3. The van der Waals surface area contributed by atoms with Crippen molar-refractivity contribution >= 4 is 11.6 Å². The summed E-state index contributed by atoms with van der Waals surface area (Å²) in [7, 11) is 0. The standard InChI is InChI=1S/C20H16F3N5O/c21-20(22,23)14-5-3-13(4-6-14)17(24)12-27-9-7-18-16(19(27)29)11-28(26-18)15-2-1-8-25-10-15/h1-6,8,10-11,24H,7,9,12H2. The first-order valence-corrected chi connectivity index (χ1v) is 8.86. The first kappa shape index (κ1) is 18.9. The fourth-order valence-corrected chi connectivity index (χ4v) is 3.20. The number of fused-ring (bicyclic) bond motifs is 1.